The fourth-order valence-corrected chi connectivity index (χ4v) is 4.59. The van der Waals surface area contributed by atoms with Gasteiger partial charge in [0.05, 0.1) is 18.4 Å². The highest BCUT2D eigenvalue weighted by molar-refractivity contribution is 7.99. The van der Waals surface area contributed by atoms with E-state index in [-0.39, 0.29) is 17.8 Å². The van der Waals surface area contributed by atoms with Crippen LogP contribution in [0.1, 0.15) is 38.5 Å². The van der Waals surface area contributed by atoms with Gasteiger partial charge in [-0.15, -0.1) is 10.2 Å². The first-order valence-corrected chi connectivity index (χ1v) is 10.9. The Labute approximate surface area is 168 Å². The second-order valence-electron chi connectivity index (χ2n) is 7.40. The molecule has 1 aliphatic carbocycles. The maximum Gasteiger partial charge on any atom is 0.230 e. The molecule has 2 heterocycles. The molecule has 1 saturated carbocycles. The van der Waals surface area contributed by atoms with Gasteiger partial charge in [-0.05, 0) is 49.9 Å². The van der Waals surface area contributed by atoms with Gasteiger partial charge in [0.1, 0.15) is 5.82 Å². The predicted molar refractivity (Wildman–Crippen MR) is 106 cm³/mol. The van der Waals surface area contributed by atoms with Gasteiger partial charge in [0, 0.05) is 18.2 Å². The van der Waals surface area contributed by atoms with Crippen LogP contribution in [0.4, 0.5) is 4.39 Å². The summed E-state index contributed by atoms with van der Waals surface area (Å²) in [6, 6.07) is 6.55. The highest BCUT2D eigenvalue weighted by Crippen LogP contribution is 2.27. The lowest BCUT2D eigenvalue weighted by Crippen LogP contribution is -2.33. The molecule has 1 atom stereocenters. The summed E-state index contributed by atoms with van der Waals surface area (Å²) in [6.07, 6.45) is 6.67. The number of nitrogens with one attached hydrogen (secondary N) is 1. The highest BCUT2D eigenvalue weighted by Gasteiger charge is 2.23. The quantitative estimate of drug-likeness (QED) is 0.716. The number of amides is 1. The molecule has 2 fully saturated rings. The minimum Gasteiger partial charge on any atom is -0.376 e. The zero-order valence-electron chi connectivity index (χ0n) is 15.8. The third-order valence-electron chi connectivity index (χ3n) is 5.28. The molecule has 1 aliphatic heterocycles. The lowest BCUT2D eigenvalue weighted by molar-refractivity contribution is -0.119. The van der Waals surface area contributed by atoms with Crippen molar-refractivity contribution >= 4 is 17.7 Å². The maximum atomic E-state index is 13.3. The normalized spacial score (nSPS) is 20.0. The second kappa shape index (κ2) is 9.05. The van der Waals surface area contributed by atoms with Crippen LogP contribution in [0.3, 0.4) is 0 Å². The Morgan fingerprint density at radius 2 is 1.96 bits per heavy atom. The number of hydrogen-bond donors (Lipinski definition) is 1. The predicted octanol–water partition coefficient (Wildman–Crippen LogP) is 3.41. The van der Waals surface area contributed by atoms with Crippen molar-refractivity contribution < 1.29 is 13.9 Å². The zero-order valence-corrected chi connectivity index (χ0v) is 16.6. The van der Waals surface area contributed by atoms with Gasteiger partial charge >= 0.3 is 0 Å². The smallest absolute Gasteiger partial charge is 0.230 e. The summed E-state index contributed by atoms with van der Waals surface area (Å²) in [5.41, 5.74) is 0.800. The van der Waals surface area contributed by atoms with E-state index in [0.29, 0.717) is 29.3 Å². The standard InChI is InChI=1S/C20H25FN4O2S/c21-15-9-7-14(8-10-15)19-23-24-20(25(19)12-17-6-3-11-27-17)28-13-18(26)22-16-4-1-2-5-16/h7-10,16-17H,1-6,11-13H2,(H,22,26). The van der Waals surface area contributed by atoms with E-state index >= 15 is 0 Å². The summed E-state index contributed by atoms with van der Waals surface area (Å²) < 4.78 is 21.1. The molecular formula is C20H25FN4O2S. The molecule has 0 bridgehead atoms. The molecule has 1 N–H and O–H groups in total. The van der Waals surface area contributed by atoms with Crippen LogP contribution >= 0.6 is 11.8 Å². The molecule has 6 nitrogen and oxygen atoms in total. The summed E-state index contributed by atoms with van der Waals surface area (Å²) in [5, 5.41) is 12.4. The second-order valence-corrected chi connectivity index (χ2v) is 8.34. The molecule has 150 valence electrons. The molecule has 1 unspecified atom stereocenters. The summed E-state index contributed by atoms with van der Waals surface area (Å²) in [4.78, 5) is 12.3. The van der Waals surface area contributed by atoms with Crippen LogP contribution in [0.15, 0.2) is 29.4 Å². The van der Waals surface area contributed by atoms with Crippen molar-refractivity contribution in [1.82, 2.24) is 20.1 Å². The number of aromatic nitrogens is 3. The summed E-state index contributed by atoms with van der Waals surface area (Å²) >= 11 is 1.39. The van der Waals surface area contributed by atoms with Gasteiger partial charge in [-0.1, -0.05) is 24.6 Å². The molecule has 1 aromatic heterocycles. The maximum absolute atomic E-state index is 13.3. The molecule has 4 rings (SSSR count). The third-order valence-corrected chi connectivity index (χ3v) is 6.25. The molecule has 2 aromatic rings. The van der Waals surface area contributed by atoms with Gasteiger partial charge in [-0.25, -0.2) is 4.39 Å². The van der Waals surface area contributed by atoms with Crippen molar-refractivity contribution in [3.63, 3.8) is 0 Å². The van der Waals surface area contributed by atoms with Crippen molar-refractivity contribution in [2.45, 2.75) is 62.4 Å². The SMILES string of the molecule is O=C(CSc1nnc(-c2ccc(F)cc2)n1CC1CCCO1)NC1CCCC1. The Morgan fingerprint density at radius 3 is 2.68 bits per heavy atom. The first-order valence-electron chi connectivity index (χ1n) is 9.92. The van der Waals surface area contributed by atoms with E-state index in [1.54, 1.807) is 12.1 Å². The van der Waals surface area contributed by atoms with Gasteiger partial charge in [0.25, 0.3) is 0 Å². The number of benzene rings is 1. The molecule has 1 saturated heterocycles. The molecule has 2 aliphatic rings. The van der Waals surface area contributed by atoms with Crippen molar-refractivity contribution in [3.05, 3.63) is 30.1 Å². The first kappa shape index (κ1) is 19.4. The van der Waals surface area contributed by atoms with E-state index in [1.165, 1.54) is 36.7 Å². The highest BCUT2D eigenvalue weighted by atomic mass is 32.2. The number of nitrogens with zero attached hydrogens (tertiary/aromatic N) is 3. The summed E-state index contributed by atoms with van der Waals surface area (Å²) in [7, 11) is 0. The Kier molecular flexibility index (Phi) is 6.26. The third kappa shape index (κ3) is 4.72. The number of rotatable bonds is 7. The molecule has 1 amide bonds. The van der Waals surface area contributed by atoms with Gasteiger partial charge in [-0.3, -0.25) is 9.36 Å². The van der Waals surface area contributed by atoms with Crippen molar-refractivity contribution in [3.8, 4) is 11.4 Å². The van der Waals surface area contributed by atoms with Crippen LogP contribution in [-0.2, 0) is 16.1 Å². The fourth-order valence-electron chi connectivity index (χ4n) is 3.83. The van der Waals surface area contributed by atoms with Gasteiger partial charge in [-0.2, -0.15) is 0 Å². The van der Waals surface area contributed by atoms with Crippen LogP contribution in [0.2, 0.25) is 0 Å². The lowest BCUT2D eigenvalue weighted by Gasteiger charge is -2.15. The van der Waals surface area contributed by atoms with E-state index in [4.69, 9.17) is 4.74 Å². The Morgan fingerprint density at radius 1 is 1.18 bits per heavy atom. The molecule has 0 radical (unpaired) electrons. The monoisotopic (exact) mass is 404 g/mol. The van der Waals surface area contributed by atoms with Gasteiger partial charge in [0.15, 0.2) is 11.0 Å². The average molecular weight is 405 g/mol. The summed E-state index contributed by atoms with van der Waals surface area (Å²) in [5.74, 6) is 0.733. The Hall–Kier alpha value is -1.93. The topological polar surface area (TPSA) is 69.0 Å². The minimum atomic E-state index is -0.285. The van der Waals surface area contributed by atoms with Crippen LogP contribution in [0, 0.1) is 5.82 Å². The van der Waals surface area contributed by atoms with E-state index in [0.717, 1.165) is 37.9 Å². The van der Waals surface area contributed by atoms with Crippen molar-refractivity contribution in [2.24, 2.45) is 0 Å². The summed E-state index contributed by atoms with van der Waals surface area (Å²) in [6.45, 7) is 1.40. The van der Waals surface area contributed by atoms with E-state index in [9.17, 15) is 9.18 Å². The number of ether oxygens (including phenoxy) is 1. The average Bonchev–Trinajstić information content (AvgIpc) is 3.44. The number of carbonyl (C=O) groups excluding carboxylic acids is 1. The van der Waals surface area contributed by atoms with Gasteiger partial charge in [0.2, 0.25) is 5.91 Å². The van der Waals surface area contributed by atoms with Crippen LogP contribution < -0.4 is 5.32 Å². The molecule has 0 spiro atoms. The van der Waals surface area contributed by atoms with Crippen LogP contribution in [0.5, 0.6) is 0 Å². The minimum absolute atomic E-state index is 0.0342. The Bertz CT molecular complexity index is 799. The largest absolute Gasteiger partial charge is 0.376 e. The molecule has 8 heteroatoms. The van der Waals surface area contributed by atoms with Crippen LogP contribution in [-0.4, -0.2) is 45.2 Å². The molecule has 1 aromatic carbocycles. The molecule has 28 heavy (non-hydrogen) atoms. The zero-order chi connectivity index (χ0) is 19.3. The number of hydrogen-bond acceptors (Lipinski definition) is 5. The van der Waals surface area contributed by atoms with E-state index < -0.39 is 0 Å². The lowest BCUT2D eigenvalue weighted by atomic mass is 10.2. The number of carbonyl (C=O) groups is 1. The Balaban J connectivity index is 1.48. The molecular weight excluding hydrogens is 379 g/mol. The van der Waals surface area contributed by atoms with E-state index in [1.807, 2.05) is 4.57 Å². The number of thioether (sulfide) groups is 1. The number of halogens is 1. The fraction of sp³-hybridized carbons (Fsp3) is 0.550. The van der Waals surface area contributed by atoms with Crippen LogP contribution in [0.25, 0.3) is 11.4 Å². The van der Waals surface area contributed by atoms with Crippen molar-refractivity contribution in [1.29, 1.82) is 0 Å². The van der Waals surface area contributed by atoms with Crippen molar-refractivity contribution in [2.75, 3.05) is 12.4 Å². The first-order chi connectivity index (χ1) is 13.7. The van der Waals surface area contributed by atoms with E-state index in [2.05, 4.69) is 15.5 Å². The van der Waals surface area contributed by atoms with Gasteiger partial charge < -0.3 is 10.1 Å².